The maximum absolute atomic E-state index is 12.6. The molecule has 0 saturated carbocycles. The predicted octanol–water partition coefficient (Wildman–Crippen LogP) is 2.93. The topological polar surface area (TPSA) is 73.8 Å². The monoisotopic (exact) mass is 414 g/mol. The smallest absolute Gasteiger partial charge is 0.356 e. The Balaban J connectivity index is 2.37. The Bertz CT molecular complexity index is 571. The minimum atomic E-state index is -5.23. The lowest BCUT2D eigenvalue weighted by molar-refractivity contribution is -0.0496. The van der Waals surface area contributed by atoms with Gasteiger partial charge in [0, 0.05) is 32.7 Å². The van der Waals surface area contributed by atoms with Crippen molar-refractivity contribution < 1.29 is 21.6 Å². The highest BCUT2D eigenvalue weighted by atomic mass is 32.2. The molecule has 1 fully saturated rings. The fourth-order valence-corrected chi connectivity index (χ4v) is 4.06. The molecular formula is C17H33F3N4O2S. The van der Waals surface area contributed by atoms with Crippen LogP contribution in [0.15, 0.2) is 4.99 Å². The SMILES string of the molecule is CN=C(NCC1CCN(S(=O)(=O)C(F)(F)F)CC1)NC(C)CCCC(C)C. The van der Waals surface area contributed by atoms with Gasteiger partial charge in [0.05, 0.1) is 0 Å². The lowest BCUT2D eigenvalue weighted by Gasteiger charge is -2.32. The molecule has 1 aliphatic rings. The van der Waals surface area contributed by atoms with Gasteiger partial charge in [0.25, 0.3) is 0 Å². The van der Waals surface area contributed by atoms with Crippen molar-refractivity contribution in [3.05, 3.63) is 0 Å². The van der Waals surface area contributed by atoms with Gasteiger partial charge in [-0.05, 0) is 38.0 Å². The van der Waals surface area contributed by atoms with Gasteiger partial charge in [-0.25, -0.2) is 8.42 Å². The maximum atomic E-state index is 12.6. The molecule has 0 aromatic rings. The van der Waals surface area contributed by atoms with E-state index < -0.39 is 15.5 Å². The number of guanidine groups is 1. The number of sulfonamides is 1. The minimum Gasteiger partial charge on any atom is -0.356 e. The maximum Gasteiger partial charge on any atom is 0.511 e. The Hall–Kier alpha value is -1.03. The van der Waals surface area contributed by atoms with E-state index in [1.807, 2.05) is 0 Å². The lowest BCUT2D eigenvalue weighted by atomic mass is 9.98. The molecule has 0 aromatic heterocycles. The van der Waals surface area contributed by atoms with E-state index in [9.17, 15) is 21.6 Å². The number of alkyl halides is 3. The number of aliphatic imine (C=N–C) groups is 1. The van der Waals surface area contributed by atoms with E-state index in [4.69, 9.17) is 0 Å². The minimum absolute atomic E-state index is 0.105. The van der Waals surface area contributed by atoms with Crippen molar-refractivity contribution in [1.29, 1.82) is 0 Å². The van der Waals surface area contributed by atoms with E-state index in [2.05, 4.69) is 36.4 Å². The second kappa shape index (κ2) is 10.5. The molecule has 160 valence electrons. The van der Waals surface area contributed by atoms with Crippen molar-refractivity contribution in [2.75, 3.05) is 26.7 Å². The molecule has 27 heavy (non-hydrogen) atoms. The zero-order chi connectivity index (χ0) is 20.7. The zero-order valence-corrected chi connectivity index (χ0v) is 17.5. The summed E-state index contributed by atoms with van der Waals surface area (Å²) in [7, 11) is -3.54. The van der Waals surface area contributed by atoms with Gasteiger partial charge in [0.2, 0.25) is 0 Å². The Morgan fingerprint density at radius 3 is 2.26 bits per heavy atom. The summed E-state index contributed by atoms with van der Waals surface area (Å²) in [5.74, 6) is 1.46. The second-order valence-corrected chi connectivity index (χ2v) is 9.55. The number of hydrogen-bond acceptors (Lipinski definition) is 3. The van der Waals surface area contributed by atoms with Crippen LogP contribution in [0.5, 0.6) is 0 Å². The molecule has 0 radical (unpaired) electrons. The van der Waals surface area contributed by atoms with Crippen molar-refractivity contribution >= 4 is 16.0 Å². The molecule has 1 atom stereocenters. The molecule has 2 N–H and O–H groups in total. The van der Waals surface area contributed by atoms with Gasteiger partial charge in [0.15, 0.2) is 5.96 Å². The van der Waals surface area contributed by atoms with Gasteiger partial charge >= 0.3 is 15.5 Å². The van der Waals surface area contributed by atoms with Gasteiger partial charge in [-0.2, -0.15) is 17.5 Å². The van der Waals surface area contributed by atoms with Crippen molar-refractivity contribution in [3.63, 3.8) is 0 Å². The number of piperidine rings is 1. The van der Waals surface area contributed by atoms with Crippen LogP contribution in [0.25, 0.3) is 0 Å². The van der Waals surface area contributed by atoms with Crippen LogP contribution in [-0.4, -0.2) is 56.9 Å². The molecule has 0 aromatic carbocycles. The van der Waals surface area contributed by atoms with Crippen LogP contribution in [0.3, 0.4) is 0 Å². The van der Waals surface area contributed by atoms with Crippen LogP contribution in [0.4, 0.5) is 13.2 Å². The number of nitrogens with one attached hydrogen (secondary N) is 2. The van der Waals surface area contributed by atoms with Gasteiger partial charge in [-0.15, -0.1) is 0 Å². The summed E-state index contributed by atoms with van der Waals surface area (Å²) in [6, 6.07) is 0.272. The zero-order valence-electron chi connectivity index (χ0n) is 16.6. The van der Waals surface area contributed by atoms with Crippen molar-refractivity contribution in [2.24, 2.45) is 16.8 Å². The third-order valence-electron chi connectivity index (χ3n) is 4.79. The summed E-state index contributed by atoms with van der Waals surface area (Å²) in [6.07, 6.45) is 4.13. The lowest BCUT2D eigenvalue weighted by Crippen LogP contribution is -2.48. The molecule has 6 nitrogen and oxygen atoms in total. The third kappa shape index (κ3) is 7.85. The number of rotatable bonds is 8. The molecule has 0 spiro atoms. The Morgan fingerprint density at radius 1 is 1.19 bits per heavy atom. The quantitative estimate of drug-likeness (QED) is 0.473. The van der Waals surface area contributed by atoms with Crippen molar-refractivity contribution in [3.8, 4) is 0 Å². The first kappa shape index (κ1) is 24.0. The van der Waals surface area contributed by atoms with Crippen LogP contribution < -0.4 is 10.6 Å². The molecule has 1 heterocycles. The van der Waals surface area contributed by atoms with Gasteiger partial charge in [-0.3, -0.25) is 4.99 Å². The van der Waals surface area contributed by atoms with Crippen LogP contribution in [0.2, 0.25) is 0 Å². The molecule has 1 rings (SSSR count). The summed E-state index contributed by atoms with van der Waals surface area (Å²) in [6.45, 7) is 6.83. The van der Waals surface area contributed by atoms with Gasteiger partial charge < -0.3 is 10.6 Å². The van der Waals surface area contributed by atoms with Crippen LogP contribution in [-0.2, 0) is 10.0 Å². The number of halogens is 3. The third-order valence-corrected chi connectivity index (χ3v) is 6.42. The first-order valence-corrected chi connectivity index (χ1v) is 10.9. The fourth-order valence-electron chi connectivity index (χ4n) is 3.07. The Kier molecular flexibility index (Phi) is 9.33. The second-order valence-electron chi connectivity index (χ2n) is 7.62. The highest BCUT2D eigenvalue weighted by molar-refractivity contribution is 7.90. The molecule has 10 heteroatoms. The van der Waals surface area contributed by atoms with E-state index in [1.165, 1.54) is 6.42 Å². The molecule has 1 saturated heterocycles. The van der Waals surface area contributed by atoms with Crippen molar-refractivity contribution in [2.45, 2.75) is 64.4 Å². The van der Waals surface area contributed by atoms with Crippen LogP contribution >= 0.6 is 0 Å². The average Bonchev–Trinajstić information content (AvgIpc) is 2.57. The van der Waals surface area contributed by atoms with E-state index in [1.54, 1.807) is 7.05 Å². The van der Waals surface area contributed by atoms with Crippen molar-refractivity contribution in [1.82, 2.24) is 14.9 Å². The molecule has 1 aliphatic heterocycles. The summed E-state index contributed by atoms with van der Waals surface area (Å²) in [5.41, 5.74) is -5.23. The van der Waals surface area contributed by atoms with Crippen LogP contribution in [0, 0.1) is 11.8 Å². The normalized spacial score (nSPS) is 19.3. The molecule has 0 aliphatic carbocycles. The highest BCUT2D eigenvalue weighted by Gasteiger charge is 2.50. The van der Waals surface area contributed by atoms with Crippen LogP contribution in [0.1, 0.15) is 52.9 Å². The molecular weight excluding hydrogens is 381 g/mol. The number of hydrogen-bond donors (Lipinski definition) is 2. The first-order chi connectivity index (χ1) is 12.5. The summed E-state index contributed by atoms with van der Waals surface area (Å²) >= 11 is 0. The Labute approximate surface area is 161 Å². The standard InChI is InChI=1S/C17H33F3N4O2S/c1-13(2)6-5-7-14(3)23-16(21-4)22-12-15-8-10-24(11-9-15)27(25,26)17(18,19)20/h13-15H,5-12H2,1-4H3,(H2,21,22,23). The van der Waals surface area contributed by atoms with E-state index in [0.29, 0.717) is 35.6 Å². The first-order valence-electron chi connectivity index (χ1n) is 9.51. The number of nitrogens with zero attached hydrogens (tertiary/aromatic N) is 2. The predicted molar refractivity (Wildman–Crippen MR) is 102 cm³/mol. The van der Waals surface area contributed by atoms with E-state index in [0.717, 1.165) is 12.8 Å². The van der Waals surface area contributed by atoms with E-state index >= 15 is 0 Å². The highest BCUT2D eigenvalue weighted by Crippen LogP contribution is 2.30. The molecule has 0 amide bonds. The van der Waals surface area contributed by atoms with Gasteiger partial charge in [-0.1, -0.05) is 26.7 Å². The summed E-state index contributed by atoms with van der Waals surface area (Å²) in [5, 5.41) is 6.52. The summed E-state index contributed by atoms with van der Waals surface area (Å²) < 4.78 is 61.2. The molecule has 1 unspecified atom stereocenters. The summed E-state index contributed by atoms with van der Waals surface area (Å²) in [4.78, 5) is 4.18. The Morgan fingerprint density at radius 2 is 1.78 bits per heavy atom. The largest absolute Gasteiger partial charge is 0.511 e. The molecule has 0 bridgehead atoms. The average molecular weight is 415 g/mol. The fraction of sp³-hybridized carbons (Fsp3) is 0.941. The van der Waals surface area contributed by atoms with E-state index in [-0.39, 0.29) is 25.0 Å². The van der Waals surface area contributed by atoms with Gasteiger partial charge in [0.1, 0.15) is 0 Å².